The molecule has 0 aromatic carbocycles. The molecule has 1 N–H and O–H groups in total. The number of carbonyl (C=O) groups is 1. The molecule has 0 bridgehead atoms. The predicted molar refractivity (Wildman–Crippen MR) is 47.3 cm³/mol. The largest absolute Gasteiger partial charge is 0.466 e. The van der Waals surface area contributed by atoms with E-state index in [1.807, 2.05) is 6.92 Å². The van der Waals surface area contributed by atoms with Gasteiger partial charge in [0, 0.05) is 19.5 Å². The van der Waals surface area contributed by atoms with E-state index < -0.39 is 0 Å². The highest BCUT2D eigenvalue weighted by Gasteiger charge is 2.20. The van der Waals surface area contributed by atoms with Gasteiger partial charge in [-0.05, 0) is 25.7 Å². The molecule has 0 saturated carbocycles. The predicted octanol–water partition coefficient (Wildman–Crippen LogP) is 1.04. The second-order valence-electron chi connectivity index (χ2n) is 3.41. The first-order valence-corrected chi connectivity index (χ1v) is 4.81. The van der Waals surface area contributed by atoms with Gasteiger partial charge in [0.25, 0.3) is 0 Å². The van der Waals surface area contributed by atoms with Crippen molar-refractivity contribution in [3.8, 4) is 0 Å². The Morgan fingerprint density at radius 2 is 2.15 bits per heavy atom. The maximum Gasteiger partial charge on any atom is 0.306 e. The topological polar surface area (TPSA) is 49.8 Å². The summed E-state index contributed by atoms with van der Waals surface area (Å²) in [6.45, 7) is 3.61. The van der Waals surface area contributed by atoms with Crippen LogP contribution in [0.15, 0.2) is 0 Å². The molecule has 0 aromatic heterocycles. The monoisotopic (exact) mass is 187 g/mol. The summed E-state index contributed by atoms with van der Waals surface area (Å²) in [5, 5.41) is 10.4. The number of nitrogens with zero attached hydrogens (tertiary/aromatic N) is 1. The summed E-state index contributed by atoms with van der Waals surface area (Å²) >= 11 is 0. The van der Waals surface area contributed by atoms with Crippen molar-refractivity contribution in [2.45, 2.75) is 26.2 Å². The minimum absolute atomic E-state index is 0.112. The lowest BCUT2D eigenvalue weighted by atomic mass is 9.95. The van der Waals surface area contributed by atoms with E-state index in [-0.39, 0.29) is 5.97 Å². The van der Waals surface area contributed by atoms with Crippen molar-refractivity contribution in [1.82, 2.24) is 5.06 Å². The van der Waals surface area contributed by atoms with Gasteiger partial charge in [-0.2, -0.15) is 5.06 Å². The summed E-state index contributed by atoms with van der Waals surface area (Å²) in [4.78, 5) is 11.1. The molecule has 0 unspecified atom stereocenters. The SMILES string of the molecule is CCOC(=O)CC1CCN(O)CC1. The standard InChI is InChI=1S/C9H17NO3/c1-2-13-9(11)7-8-3-5-10(12)6-4-8/h8,12H,2-7H2,1H3. The normalized spacial score (nSPS) is 20.2. The molecule has 0 radical (unpaired) electrons. The second-order valence-corrected chi connectivity index (χ2v) is 3.41. The van der Waals surface area contributed by atoms with Crippen LogP contribution >= 0.6 is 0 Å². The number of rotatable bonds is 3. The average molecular weight is 187 g/mol. The molecule has 4 nitrogen and oxygen atoms in total. The van der Waals surface area contributed by atoms with E-state index in [1.54, 1.807) is 0 Å². The first kappa shape index (κ1) is 10.5. The average Bonchev–Trinajstić information content (AvgIpc) is 2.09. The molecule has 76 valence electrons. The van der Waals surface area contributed by atoms with Crippen LogP contribution in [-0.4, -0.2) is 35.9 Å². The Morgan fingerprint density at radius 1 is 1.54 bits per heavy atom. The van der Waals surface area contributed by atoms with Gasteiger partial charge in [-0.15, -0.1) is 0 Å². The summed E-state index contributed by atoms with van der Waals surface area (Å²) in [5.41, 5.74) is 0. The third-order valence-corrected chi connectivity index (χ3v) is 2.35. The fourth-order valence-corrected chi connectivity index (χ4v) is 1.58. The highest BCUT2D eigenvalue weighted by Crippen LogP contribution is 2.19. The number of hydrogen-bond donors (Lipinski definition) is 1. The minimum atomic E-state index is -0.112. The molecule has 1 fully saturated rings. The highest BCUT2D eigenvalue weighted by atomic mass is 16.5. The lowest BCUT2D eigenvalue weighted by molar-refractivity contribution is -0.147. The Morgan fingerprint density at radius 3 is 2.69 bits per heavy atom. The molecule has 1 heterocycles. The van der Waals surface area contributed by atoms with Gasteiger partial charge in [0.05, 0.1) is 6.61 Å². The van der Waals surface area contributed by atoms with Crippen LogP contribution in [0, 0.1) is 5.92 Å². The maximum atomic E-state index is 11.1. The quantitative estimate of drug-likeness (QED) is 0.671. The summed E-state index contributed by atoms with van der Waals surface area (Å²) in [6, 6.07) is 0. The van der Waals surface area contributed by atoms with Crippen molar-refractivity contribution < 1.29 is 14.7 Å². The number of hydrogen-bond acceptors (Lipinski definition) is 4. The van der Waals surface area contributed by atoms with Gasteiger partial charge in [0.2, 0.25) is 0 Å². The molecule has 4 heteroatoms. The van der Waals surface area contributed by atoms with Crippen molar-refractivity contribution in [3.63, 3.8) is 0 Å². The molecular weight excluding hydrogens is 170 g/mol. The molecule has 0 aromatic rings. The maximum absolute atomic E-state index is 11.1. The van der Waals surface area contributed by atoms with E-state index in [0.29, 0.717) is 32.0 Å². The molecule has 1 saturated heterocycles. The molecule has 13 heavy (non-hydrogen) atoms. The zero-order valence-corrected chi connectivity index (χ0v) is 8.03. The number of piperidine rings is 1. The van der Waals surface area contributed by atoms with Crippen LogP contribution < -0.4 is 0 Å². The molecule has 0 aliphatic carbocycles. The zero-order valence-electron chi connectivity index (χ0n) is 8.03. The highest BCUT2D eigenvalue weighted by molar-refractivity contribution is 5.69. The fourth-order valence-electron chi connectivity index (χ4n) is 1.58. The van der Waals surface area contributed by atoms with Gasteiger partial charge in [-0.1, -0.05) is 0 Å². The van der Waals surface area contributed by atoms with E-state index in [9.17, 15) is 4.79 Å². The van der Waals surface area contributed by atoms with Crippen LogP contribution in [0.3, 0.4) is 0 Å². The first-order valence-electron chi connectivity index (χ1n) is 4.81. The van der Waals surface area contributed by atoms with Crippen molar-refractivity contribution in [3.05, 3.63) is 0 Å². The lowest BCUT2D eigenvalue weighted by Crippen LogP contribution is -2.31. The van der Waals surface area contributed by atoms with E-state index in [4.69, 9.17) is 9.94 Å². The smallest absolute Gasteiger partial charge is 0.306 e. The molecule has 0 atom stereocenters. The number of esters is 1. The zero-order chi connectivity index (χ0) is 9.68. The van der Waals surface area contributed by atoms with Gasteiger partial charge in [-0.3, -0.25) is 4.79 Å². The van der Waals surface area contributed by atoms with Crippen LogP contribution in [0.25, 0.3) is 0 Å². The van der Waals surface area contributed by atoms with Crippen molar-refractivity contribution in [2.24, 2.45) is 5.92 Å². The van der Waals surface area contributed by atoms with Crippen molar-refractivity contribution in [1.29, 1.82) is 0 Å². The summed E-state index contributed by atoms with van der Waals surface area (Å²) < 4.78 is 4.86. The third-order valence-electron chi connectivity index (χ3n) is 2.35. The van der Waals surface area contributed by atoms with E-state index in [1.165, 1.54) is 5.06 Å². The third kappa shape index (κ3) is 3.74. The van der Waals surface area contributed by atoms with Crippen LogP contribution in [0.4, 0.5) is 0 Å². The molecule has 0 spiro atoms. The number of hydroxylamine groups is 2. The Bertz CT molecular complexity index is 164. The van der Waals surface area contributed by atoms with Crippen LogP contribution in [0.5, 0.6) is 0 Å². The van der Waals surface area contributed by atoms with Crippen molar-refractivity contribution >= 4 is 5.97 Å². The number of carbonyl (C=O) groups excluding carboxylic acids is 1. The minimum Gasteiger partial charge on any atom is -0.466 e. The Hall–Kier alpha value is -0.610. The van der Waals surface area contributed by atoms with E-state index in [0.717, 1.165) is 12.8 Å². The Balaban J connectivity index is 2.18. The summed E-state index contributed by atoms with van der Waals surface area (Å²) in [5.74, 6) is 0.279. The first-order chi connectivity index (χ1) is 6.22. The van der Waals surface area contributed by atoms with Gasteiger partial charge >= 0.3 is 5.97 Å². The van der Waals surface area contributed by atoms with Crippen LogP contribution in [0.1, 0.15) is 26.2 Å². The summed E-state index contributed by atoms with van der Waals surface area (Å²) in [7, 11) is 0. The second kappa shape index (κ2) is 5.19. The molecule has 1 aliphatic heterocycles. The van der Waals surface area contributed by atoms with Gasteiger partial charge in [-0.25, -0.2) is 0 Å². The molecular formula is C9H17NO3. The lowest BCUT2D eigenvalue weighted by Gasteiger charge is -2.26. The van der Waals surface area contributed by atoms with Gasteiger partial charge in [0.1, 0.15) is 0 Å². The molecule has 0 amide bonds. The van der Waals surface area contributed by atoms with Gasteiger partial charge < -0.3 is 9.94 Å². The Labute approximate surface area is 78.4 Å². The Kier molecular flexibility index (Phi) is 4.18. The van der Waals surface area contributed by atoms with Crippen molar-refractivity contribution in [2.75, 3.05) is 19.7 Å². The molecule has 1 rings (SSSR count). The molecule has 1 aliphatic rings. The van der Waals surface area contributed by atoms with Crippen LogP contribution in [0.2, 0.25) is 0 Å². The van der Waals surface area contributed by atoms with E-state index in [2.05, 4.69) is 0 Å². The van der Waals surface area contributed by atoms with Gasteiger partial charge in [0.15, 0.2) is 0 Å². The van der Waals surface area contributed by atoms with E-state index >= 15 is 0 Å². The summed E-state index contributed by atoms with van der Waals surface area (Å²) in [6.07, 6.45) is 2.27. The fraction of sp³-hybridized carbons (Fsp3) is 0.889. The number of ether oxygens (including phenoxy) is 1. The van der Waals surface area contributed by atoms with Crippen LogP contribution in [-0.2, 0) is 9.53 Å².